The molecule has 0 unspecified atom stereocenters. The molecule has 0 saturated carbocycles. The van der Waals surface area contributed by atoms with E-state index in [1.165, 1.54) is 0 Å². The smallest absolute Gasteiger partial charge is 0.285 e. The molecule has 3 heterocycles. The number of fused-ring (bicyclic) bond motifs is 1. The van der Waals surface area contributed by atoms with Crippen LogP contribution < -0.4 is 0 Å². The summed E-state index contributed by atoms with van der Waals surface area (Å²) in [5, 5.41) is 0. The van der Waals surface area contributed by atoms with Gasteiger partial charge in [0.05, 0.1) is 5.69 Å². The zero-order chi connectivity index (χ0) is 18.3. The maximum absolute atomic E-state index is 12.3. The number of rotatable bonds is 3. The maximum atomic E-state index is 12.3. The zero-order valence-corrected chi connectivity index (χ0v) is 15.7. The van der Waals surface area contributed by atoms with Crippen molar-refractivity contribution in [3.05, 3.63) is 47.7 Å². The highest BCUT2D eigenvalue weighted by atomic mass is 32.2. The Morgan fingerprint density at radius 3 is 2.69 bits per heavy atom. The number of likely N-dealkylation sites (tertiary alicyclic amines) is 1. The third-order valence-corrected chi connectivity index (χ3v) is 6.43. The molecule has 26 heavy (non-hydrogen) atoms. The Kier molecular flexibility index (Phi) is 4.32. The van der Waals surface area contributed by atoms with Crippen LogP contribution in [0.1, 0.15) is 30.0 Å². The van der Waals surface area contributed by atoms with Gasteiger partial charge in [0.1, 0.15) is 11.2 Å². The molecule has 4 rings (SSSR count). The first-order valence-corrected chi connectivity index (χ1v) is 10.2. The van der Waals surface area contributed by atoms with Crippen LogP contribution in [0, 0.1) is 6.92 Å². The Bertz CT molecular complexity index is 943. The minimum Gasteiger partial charge on any atom is -0.449 e. The Hall–Kier alpha value is -2.19. The first-order chi connectivity index (χ1) is 12.4. The van der Waals surface area contributed by atoms with Crippen molar-refractivity contribution in [2.75, 3.05) is 20.1 Å². The molecule has 1 aromatic carbocycles. The molecule has 1 fully saturated rings. The van der Waals surface area contributed by atoms with Gasteiger partial charge in [-0.1, -0.05) is 12.1 Å². The summed E-state index contributed by atoms with van der Waals surface area (Å²) in [5.74, 6) is 1.25. The molecular formula is C18H22N4O3S. The molecule has 2 aliphatic heterocycles. The lowest BCUT2D eigenvalue weighted by atomic mass is 10.0. The fraction of sp³-hybridized carbons (Fsp3) is 0.444. The fourth-order valence-corrected chi connectivity index (χ4v) is 4.93. The fourth-order valence-electron chi connectivity index (χ4n) is 3.69. The average Bonchev–Trinajstić information content (AvgIpc) is 3.16. The van der Waals surface area contributed by atoms with E-state index in [9.17, 15) is 8.42 Å². The summed E-state index contributed by atoms with van der Waals surface area (Å²) in [4.78, 5) is 9.04. The normalized spacial score (nSPS) is 20.0. The van der Waals surface area contributed by atoms with E-state index in [1.807, 2.05) is 31.0 Å². The number of aromatic nitrogens is 1. The number of nitrogens with zero attached hydrogens (tertiary/aromatic N) is 4. The van der Waals surface area contributed by atoms with Crippen molar-refractivity contribution < 1.29 is 12.8 Å². The summed E-state index contributed by atoms with van der Waals surface area (Å²) in [6.45, 7) is 4.50. The number of benzene rings is 1. The van der Waals surface area contributed by atoms with Crippen molar-refractivity contribution >= 4 is 15.9 Å². The Balaban J connectivity index is 1.44. The number of aryl methyl sites for hydroxylation is 1. The molecule has 0 bridgehead atoms. The van der Waals surface area contributed by atoms with Crippen molar-refractivity contribution in [2.45, 2.75) is 37.2 Å². The highest BCUT2D eigenvalue weighted by Crippen LogP contribution is 2.29. The molecule has 7 nitrogen and oxygen atoms in total. The maximum Gasteiger partial charge on any atom is 0.285 e. The van der Waals surface area contributed by atoms with E-state index in [-0.39, 0.29) is 6.04 Å². The lowest BCUT2D eigenvalue weighted by Crippen LogP contribution is -2.45. The zero-order valence-electron chi connectivity index (χ0n) is 14.9. The van der Waals surface area contributed by atoms with Gasteiger partial charge in [-0.25, -0.2) is 4.98 Å². The molecule has 2 aliphatic rings. The summed E-state index contributed by atoms with van der Waals surface area (Å²) < 4.78 is 33.8. The van der Waals surface area contributed by atoms with Gasteiger partial charge in [-0.2, -0.15) is 8.42 Å². The third-order valence-electron chi connectivity index (χ3n) is 5.10. The lowest BCUT2D eigenvalue weighted by Gasteiger charge is -2.37. The van der Waals surface area contributed by atoms with Crippen LogP contribution in [0.2, 0.25) is 0 Å². The van der Waals surface area contributed by atoms with Crippen molar-refractivity contribution in [2.24, 2.45) is 4.40 Å². The predicted octanol–water partition coefficient (Wildman–Crippen LogP) is 2.03. The molecule has 0 atom stereocenters. The van der Waals surface area contributed by atoms with Crippen LogP contribution in [0.15, 0.2) is 44.2 Å². The van der Waals surface area contributed by atoms with Crippen LogP contribution in [-0.2, 0) is 16.6 Å². The molecule has 8 heteroatoms. The van der Waals surface area contributed by atoms with E-state index >= 15 is 0 Å². The summed E-state index contributed by atoms with van der Waals surface area (Å²) >= 11 is 0. The van der Waals surface area contributed by atoms with E-state index in [0.717, 1.165) is 38.2 Å². The van der Waals surface area contributed by atoms with Crippen molar-refractivity contribution in [3.63, 3.8) is 0 Å². The van der Waals surface area contributed by atoms with Gasteiger partial charge < -0.3 is 9.32 Å². The highest BCUT2D eigenvalue weighted by molar-refractivity contribution is 7.90. The largest absolute Gasteiger partial charge is 0.449 e. The monoisotopic (exact) mass is 374 g/mol. The number of hydrogen-bond acceptors (Lipinski definition) is 6. The minimum absolute atomic E-state index is 0.269. The second-order valence-electron chi connectivity index (χ2n) is 6.86. The van der Waals surface area contributed by atoms with Crippen LogP contribution >= 0.6 is 0 Å². The van der Waals surface area contributed by atoms with E-state index < -0.39 is 10.0 Å². The quantitative estimate of drug-likeness (QED) is 0.818. The summed E-state index contributed by atoms with van der Waals surface area (Å²) in [7, 11) is -1.63. The molecule has 0 amide bonds. The van der Waals surface area contributed by atoms with Crippen molar-refractivity contribution in [1.82, 2.24) is 14.8 Å². The molecule has 0 radical (unpaired) electrons. The Labute approximate surface area is 153 Å². The molecule has 0 aliphatic carbocycles. The number of piperidine rings is 1. The van der Waals surface area contributed by atoms with Crippen LogP contribution in [0.3, 0.4) is 0 Å². The van der Waals surface area contributed by atoms with Crippen LogP contribution in [-0.4, -0.2) is 55.2 Å². The van der Waals surface area contributed by atoms with Crippen molar-refractivity contribution in [3.8, 4) is 0 Å². The molecule has 0 N–H and O–H groups in total. The number of hydrogen-bond donors (Lipinski definition) is 0. The van der Waals surface area contributed by atoms with Gasteiger partial charge in [0.25, 0.3) is 10.0 Å². The second-order valence-corrected chi connectivity index (χ2v) is 8.43. The lowest BCUT2D eigenvalue weighted by molar-refractivity contribution is 0.158. The van der Waals surface area contributed by atoms with Crippen LogP contribution in [0.5, 0.6) is 0 Å². The van der Waals surface area contributed by atoms with Gasteiger partial charge >= 0.3 is 0 Å². The van der Waals surface area contributed by atoms with Crippen molar-refractivity contribution in [1.29, 1.82) is 0 Å². The third kappa shape index (κ3) is 3.14. The van der Waals surface area contributed by atoms with Gasteiger partial charge in [-0.3, -0.25) is 4.90 Å². The molecule has 1 saturated heterocycles. The number of oxazole rings is 1. The molecule has 2 aromatic rings. The summed E-state index contributed by atoms with van der Waals surface area (Å²) in [6, 6.07) is 7.31. The van der Waals surface area contributed by atoms with E-state index in [4.69, 9.17) is 4.42 Å². The standard InChI is InChI=1S/C18H22N4O3S/c1-13-19-14(12-25-13)11-22-9-7-15(8-10-22)21(2)18-16-5-3-4-6-17(16)26(23,24)20-18/h3-6,12,15H,7-11H2,1-2H3. The van der Waals surface area contributed by atoms with Crippen LogP contribution in [0.25, 0.3) is 0 Å². The number of amidine groups is 1. The van der Waals surface area contributed by atoms with Gasteiger partial charge in [0.2, 0.25) is 0 Å². The first-order valence-electron chi connectivity index (χ1n) is 8.74. The van der Waals surface area contributed by atoms with E-state index in [1.54, 1.807) is 18.4 Å². The first kappa shape index (κ1) is 17.2. The predicted molar refractivity (Wildman–Crippen MR) is 97.5 cm³/mol. The van der Waals surface area contributed by atoms with Gasteiger partial charge in [-0.15, -0.1) is 4.40 Å². The highest BCUT2D eigenvalue weighted by Gasteiger charge is 2.33. The average molecular weight is 374 g/mol. The molecule has 0 spiro atoms. The van der Waals surface area contributed by atoms with E-state index in [0.29, 0.717) is 22.2 Å². The molecule has 1 aromatic heterocycles. The topological polar surface area (TPSA) is 79.0 Å². The molecule has 138 valence electrons. The van der Waals surface area contributed by atoms with Gasteiger partial charge in [0, 0.05) is 45.2 Å². The second kappa shape index (κ2) is 6.51. The van der Waals surface area contributed by atoms with Gasteiger partial charge in [0.15, 0.2) is 11.7 Å². The number of sulfonamides is 1. The molecular weight excluding hydrogens is 352 g/mol. The van der Waals surface area contributed by atoms with Gasteiger partial charge in [-0.05, 0) is 25.0 Å². The SMILES string of the molecule is Cc1nc(CN2CCC(N(C)C3=NS(=O)(=O)c4ccccc43)CC2)co1. The minimum atomic E-state index is -3.57. The summed E-state index contributed by atoms with van der Waals surface area (Å²) in [5.41, 5.74) is 1.66. The van der Waals surface area contributed by atoms with Crippen LogP contribution in [0.4, 0.5) is 0 Å². The Morgan fingerprint density at radius 1 is 1.27 bits per heavy atom. The summed E-state index contributed by atoms with van der Waals surface area (Å²) in [6.07, 6.45) is 3.62. The Morgan fingerprint density at radius 2 is 2.00 bits per heavy atom. The van der Waals surface area contributed by atoms with E-state index in [2.05, 4.69) is 14.3 Å².